The lowest BCUT2D eigenvalue weighted by Gasteiger charge is -2.14. The van der Waals surface area contributed by atoms with Gasteiger partial charge in [-0.2, -0.15) is 0 Å². The highest BCUT2D eigenvalue weighted by Gasteiger charge is 2.08. The van der Waals surface area contributed by atoms with E-state index in [-0.39, 0.29) is 0 Å². The first-order valence-electron chi connectivity index (χ1n) is 7.15. The van der Waals surface area contributed by atoms with Gasteiger partial charge in [-0.15, -0.1) is 0 Å². The van der Waals surface area contributed by atoms with Crippen molar-refractivity contribution >= 4 is 0 Å². The molecule has 0 aliphatic rings. The van der Waals surface area contributed by atoms with Crippen LogP contribution in [0.1, 0.15) is 37.3 Å². The van der Waals surface area contributed by atoms with Crippen molar-refractivity contribution in [1.82, 2.24) is 0 Å². The summed E-state index contributed by atoms with van der Waals surface area (Å²) in [5, 5.41) is 0. The van der Waals surface area contributed by atoms with Gasteiger partial charge in [0.05, 0.1) is 0 Å². The third-order valence-electron chi connectivity index (χ3n) is 3.48. The Kier molecular flexibility index (Phi) is 5.00. The summed E-state index contributed by atoms with van der Waals surface area (Å²) in [4.78, 5) is 0. The van der Waals surface area contributed by atoms with Gasteiger partial charge in [0.2, 0.25) is 0 Å². The third kappa shape index (κ3) is 3.74. The fourth-order valence-corrected chi connectivity index (χ4v) is 2.36. The normalized spacial score (nSPS) is 12.6. The van der Waals surface area contributed by atoms with Crippen molar-refractivity contribution in [3.8, 4) is 11.5 Å². The summed E-state index contributed by atoms with van der Waals surface area (Å²) in [7, 11) is 0. The Morgan fingerprint density at radius 2 is 1.80 bits per heavy atom. The number of hydrogen-bond acceptors (Lipinski definition) is 1. The Morgan fingerprint density at radius 3 is 2.45 bits per heavy atom. The highest BCUT2D eigenvalue weighted by molar-refractivity contribution is 5.39. The van der Waals surface area contributed by atoms with Crippen LogP contribution < -0.4 is 4.74 Å². The molecule has 1 nitrogen and oxygen atoms in total. The predicted molar refractivity (Wildman–Crippen MR) is 85.5 cm³/mol. The van der Waals surface area contributed by atoms with E-state index in [0.29, 0.717) is 5.92 Å². The van der Waals surface area contributed by atoms with Gasteiger partial charge in [-0.25, -0.2) is 0 Å². The van der Waals surface area contributed by atoms with Crippen LogP contribution in [-0.4, -0.2) is 0 Å². The lowest BCUT2D eigenvalue weighted by Crippen LogP contribution is -1.96. The molecule has 0 bridgehead atoms. The van der Waals surface area contributed by atoms with Crippen molar-refractivity contribution < 1.29 is 4.74 Å². The highest BCUT2D eigenvalue weighted by atomic mass is 16.5. The van der Waals surface area contributed by atoms with Gasteiger partial charge in [0.1, 0.15) is 11.5 Å². The standard InChI is InChI=1S/C19H22O/c1-4-5-9-15(2)19-13-12-18(14-16(19)3)20-17-10-7-6-8-11-17/h4-8,10-15H,9H2,1-3H3/b5-4-. The monoisotopic (exact) mass is 266 g/mol. The Balaban J connectivity index is 2.13. The van der Waals surface area contributed by atoms with E-state index in [2.05, 4.69) is 51.1 Å². The first kappa shape index (κ1) is 14.4. The van der Waals surface area contributed by atoms with Crippen LogP contribution in [0, 0.1) is 6.92 Å². The van der Waals surface area contributed by atoms with Crippen molar-refractivity contribution in [3.05, 3.63) is 71.8 Å². The smallest absolute Gasteiger partial charge is 0.127 e. The van der Waals surface area contributed by atoms with Crippen molar-refractivity contribution in [2.75, 3.05) is 0 Å². The molecule has 0 aliphatic carbocycles. The molecule has 2 rings (SSSR count). The van der Waals surface area contributed by atoms with E-state index in [0.717, 1.165) is 17.9 Å². The van der Waals surface area contributed by atoms with E-state index in [9.17, 15) is 0 Å². The minimum Gasteiger partial charge on any atom is -0.457 e. The van der Waals surface area contributed by atoms with E-state index in [1.807, 2.05) is 30.3 Å². The molecule has 0 N–H and O–H groups in total. The second-order valence-corrected chi connectivity index (χ2v) is 5.14. The number of rotatable bonds is 5. The lowest BCUT2D eigenvalue weighted by molar-refractivity contribution is 0.482. The van der Waals surface area contributed by atoms with Crippen LogP contribution in [-0.2, 0) is 0 Å². The summed E-state index contributed by atoms with van der Waals surface area (Å²) < 4.78 is 5.86. The van der Waals surface area contributed by atoms with Crippen LogP contribution in [0.4, 0.5) is 0 Å². The highest BCUT2D eigenvalue weighted by Crippen LogP contribution is 2.28. The van der Waals surface area contributed by atoms with Gasteiger partial charge in [0.15, 0.2) is 0 Å². The number of allylic oxidation sites excluding steroid dienone is 2. The molecule has 0 amide bonds. The van der Waals surface area contributed by atoms with Crippen LogP contribution in [0.25, 0.3) is 0 Å². The van der Waals surface area contributed by atoms with Gasteiger partial charge in [-0.05, 0) is 61.6 Å². The third-order valence-corrected chi connectivity index (χ3v) is 3.48. The van der Waals surface area contributed by atoms with Crippen LogP contribution in [0.15, 0.2) is 60.7 Å². The predicted octanol–water partition coefficient (Wildman–Crippen LogP) is 5.86. The number of benzene rings is 2. The topological polar surface area (TPSA) is 9.23 Å². The molecule has 2 aromatic carbocycles. The first-order valence-corrected chi connectivity index (χ1v) is 7.15. The van der Waals surface area contributed by atoms with Crippen LogP contribution >= 0.6 is 0 Å². The zero-order valence-electron chi connectivity index (χ0n) is 12.5. The van der Waals surface area contributed by atoms with Gasteiger partial charge in [-0.1, -0.05) is 43.3 Å². The van der Waals surface area contributed by atoms with Gasteiger partial charge in [0, 0.05) is 0 Å². The van der Waals surface area contributed by atoms with Crippen LogP contribution in [0.2, 0.25) is 0 Å². The molecular formula is C19H22O. The zero-order valence-corrected chi connectivity index (χ0v) is 12.5. The summed E-state index contributed by atoms with van der Waals surface area (Å²) in [6.07, 6.45) is 5.41. The number of para-hydroxylation sites is 1. The van der Waals surface area contributed by atoms with Crippen LogP contribution in [0.3, 0.4) is 0 Å². The molecule has 0 saturated heterocycles. The summed E-state index contributed by atoms with van der Waals surface area (Å²) in [6.45, 7) is 6.48. The van der Waals surface area contributed by atoms with Crippen molar-refractivity contribution in [2.24, 2.45) is 0 Å². The Bertz CT molecular complexity index is 570. The molecule has 0 heterocycles. The number of aryl methyl sites for hydroxylation is 1. The summed E-state index contributed by atoms with van der Waals surface area (Å²) >= 11 is 0. The minimum absolute atomic E-state index is 0.539. The zero-order chi connectivity index (χ0) is 14.4. The molecule has 0 saturated carbocycles. The first-order chi connectivity index (χ1) is 9.70. The van der Waals surface area contributed by atoms with E-state index < -0.39 is 0 Å². The Labute approximate surface area is 121 Å². The van der Waals surface area contributed by atoms with E-state index in [4.69, 9.17) is 4.74 Å². The number of hydrogen-bond donors (Lipinski definition) is 0. The Morgan fingerprint density at radius 1 is 1.05 bits per heavy atom. The molecule has 1 atom stereocenters. The van der Waals surface area contributed by atoms with E-state index >= 15 is 0 Å². The lowest BCUT2D eigenvalue weighted by atomic mass is 9.93. The van der Waals surface area contributed by atoms with Gasteiger partial charge in [-0.3, -0.25) is 0 Å². The fourth-order valence-electron chi connectivity index (χ4n) is 2.36. The molecule has 2 aromatic rings. The second kappa shape index (κ2) is 6.95. The molecule has 0 aromatic heterocycles. The largest absolute Gasteiger partial charge is 0.457 e. The van der Waals surface area contributed by atoms with E-state index in [1.165, 1.54) is 11.1 Å². The van der Waals surface area contributed by atoms with Crippen LogP contribution in [0.5, 0.6) is 11.5 Å². The maximum Gasteiger partial charge on any atom is 0.127 e. The molecule has 0 aliphatic heterocycles. The van der Waals surface area contributed by atoms with Gasteiger partial charge < -0.3 is 4.74 Å². The average molecular weight is 266 g/mol. The Hall–Kier alpha value is -2.02. The van der Waals surface area contributed by atoms with Crippen molar-refractivity contribution in [3.63, 3.8) is 0 Å². The molecule has 104 valence electrons. The molecule has 0 fully saturated rings. The maximum absolute atomic E-state index is 5.86. The molecule has 20 heavy (non-hydrogen) atoms. The average Bonchev–Trinajstić information content (AvgIpc) is 2.46. The summed E-state index contributed by atoms with van der Waals surface area (Å²) in [6, 6.07) is 16.3. The van der Waals surface area contributed by atoms with Gasteiger partial charge >= 0.3 is 0 Å². The SMILES string of the molecule is C/C=C\CC(C)c1ccc(Oc2ccccc2)cc1C. The summed E-state index contributed by atoms with van der Waals surface area (Å²) in [5.41, 5.74) is 2.68. The minimum atomic E-state index is 0.539. The maximum atomic E-state index is 5.86. The second-order valence-electron chi connectivity index (χ2n) is 5.14. The number of ether oxygens (including phenoxy) is 1. The van der Waals surface area contributed by atoms with E-state index in [1.54, 1.807) is 0 Å². The fraction of sp³-hybridized carbons (Fsp3) is 0.263. The molecular weight excluding hydrogens is 244 g/mol. The molecule has 0 radical (unpaired) electrons. The van der Waals surface area contributed by atoms with Crippen molar-refractivity contribution in [2.45, 2.75) is 33.1 Å². The molecule has 1 heteroatoms. The van der Waals surface area contributed by atoms with Gasteiger partial charge in [0.25, 0.3) is 0 Å². The molecule has 1 unspecified atom stereocenters. The molecule has 0 spiro atoms. The quantitative estimate of drug-likeness (QED) is 0.616. The van der Waals surface area contributed by atoms with Crippen molar-refractivity contribution in [1.29, 1.82) is 0 Å². The summed E-state index contributed by atoms with van der Waals surface area (Å²) in [5.74, 6) is 2.31.